The largest absolute Gasteiger partial charge is 0.452 e. The van der Waals surface area contributed by atoms with E-state index in [1.165, 1.54) is 11.6 Å². The van der Waals surface area contributed by atoms with Gasteiger partial charge in [-0.05, 0) is 19.4 Å². The Bertz CT molecular complexity index is 1040. The number of benzene rings is 1. The van der Waals surface area contributed by atoms with E-state index in [1.807, 2.05) is 0 Å². The Morgan fingerprint density at radius 2 is 1.90 bits per heavy atom. The number of aryl methyl sites for hydroxylation is 1. The lowest BCUT2D eigenvalue weighted by Gasteiger charge is -2.11. The zero-order chi connectivity index (χ0) is 21.4. The number of fused-ring (bicyclic) bond motifs is 1. The molecule has 0 atom stereocenters. The van der Waals surface area contributed by atoms with E-state index in [1.54, 1.807) is 30.3 Å². The van der Waals surface area contributed by atoms with Gasteiger partial charge in [-0.25, -0.2) is 9.48 Å². The van der Waals surface area contributed by atoms with Crippen molar-refractivity contribution in [3.05, 3.63) is 51.6 Å². The summed E-state index contributed by atoms with van der Waals surface area (Å²) in [7, 11) is 0. The molecule has 0 radical (unpaired) electrons. The zero-order valence-electron chi connectivity index (χ0n) is 16.6. The van der Waals surface area contributed by atoms with Gasteiger partial charge in [0.1, 0.15) is 11.6 Å². The summed E-state index contributed by atoms with van der Waals surface area (Å²) in [6.07, 6.45) is 3.83. The molecule has 0 aliphatic carbocycles. The molecular weight excluding hydrogens is 372 g/mol. The fraction of sp³-hybridized carbons (Fsp3) is 0.381. The molecule has 152 valence electrons. The SMILES string of the molecule is CCCCCCn1nc(C(=O)OCC(=O)C(C#N)=C(C)N)c2ccccc2c1=O. The van der Waals surface area contributed by atoms with Crippen molar-refractivity contribution >= 4 is 22.5 Å². The molecule has 0 unspecified atom stereocenters. The Morgan fingerprint density at radius 3 is 2.52 bits per heavy atom. The maximum Gasteiger partial charge on any atom is 0.359 e. The Balaban J connectivity index is 2.31. The highest BCUT2D eigenvalue weighted by molar-refractivity contribution is 6.05. The highest BCUT2D eigenvalue weighted by atomic mass is 16.5. The topological polar surface area (TPSA) is 128 Å². The van der Waals surface area contributed by atoms with Gasteiger partial charge in [0.05, 0.1) is 5.39 Å². The second kappa shape index (κ2) is 10.2. The van der Waals surface area contributed by atoms with Crippen molar-refractivity contribution in [2.45, 2.75) is 46.1 Å². The number of hydrogen-bond acceptors (Lipinski definition) is 7. The molecule has 0 bridgehead atoms. The van der Waals surface area contributed by atoms with E-state index in [4.69, 9.17) is 15.7 Å². The number of esters is 1. The molecule has 0 saturated heterocycles. The van der Waals surface area contributed by atoms with E-state index in [2.05, 4.69) is 12.0 Å². The quantitative estimate of drug-likeness (QED) is 0.298. The Labute approximate surface area is 168 Å². The lowest BCUT2D eigenvalue weighted by molar-refractivity contribution is -0.118. The van der Waals surface area contributed by atoms with E-state index in [0.717, 1.165) is 25.7 Å². The number of Topliss-reactive ketones (excluding diaryl/α,β-unsaturated/α-hetero) is 1. The van der Waals surface area contributed by atoms with Crippen LogP contribution in [0.3, 0.4) is 0 Å². The average molecular weight is 396 g/mol. The zero-order valence-corrected chi connectivity index (χ0v) is 16.6. The normalized spacial score (nSPS) is 11.6. The predicted octanol–water partition coefficient (Wildman–Crippen LogP) is 2.46. The van der Waals surface area contributed by atoms with Gasteiger partial charge < -0.3 is 10.5 Å². The molecule has 1 aromatic carbocycles. The fourth-order valence-electron chi connectivity index (χ4n) is 2.87. The third-order valence-electron chi connectivity index (χ3n) is 4.40. The van der Waals surface area contributed by atoms with Gasteiger partial charge in [0, 0.05) is 17.6 Å². The highest BCUT2D eigenvalue weighted by Crippen LogP contribution is 2.15. The minimum atomic E-state index is -0.844. The number of ketones is 1. The molecule has 0 amide bonds. The van der Waals surface area contributed by atoms with Crippen LogP contribution < -0.4 is 11.3 Å². The number of nitrogens with two attached hydrogens (primary N) is 1. The molecule has 8 heteroatoms. The molecule has 0 saturated carbocycles. The number of hydrogen-bond donors (Lipinski definition) is 1. The number of unbranched alkanes of at least 4 members (excludes halogenated alkanes) is 3. The molecule has 1 aromatic heterocycles. The van der Waals surface area contributed by atoms with Crippen LogP contribution in [0, 0.1) is 11.3 Å². The number of carbonyl (C=O) groups is 2. The molecule has 0 aliphatic rings. The van der Waals surface area contributed by atoms with Gasteiger partial charge >= 0.3 is 5.97 Å². The molecular formula is C21H24N4O4. The summed E-state index contributed by atoms with van der Waals surface area (Å²) in [6.45, 7) is 3.26. The number of allylic oxidation sites excluding steroid dienone is 1. The van der Waals surface area contributed by atoms with E-state index in [0.29, 0.717) is 17.3 Å². The molecule has 8 nitrogen and oxygen atoms in total. The van der Waals surface area contributed by atoms with Crippen molar-refractivity contribution in [2.75, 3.05) is 6.61 Å². The first-order valence-corrected chi connectivity index (χ1v) is 9.47. The number of carbonyl (C=O) groups excluding carboxylic acids is 2. The number of aromatic nitrogens is 2. The first kappa shape index (κ1) is 21.8. The van der Waals surface area contributed by atoms with E-state index in [9.17, 15) is 14.4 Å². The summed E-state index contributed by atoms with van der Waals surface area (Å²) in [5, 5.41) is 13.9. The summed E-state index contributed by atoms with van der Waals surface area (Å²) in [4.78, 5) is 37.3. The molecule has 1 heterocycles. The second-order valence-corrected chi connectivity index (χ2v) is 6.65. The molecule has 2 aromatic rings. The minimum absolute atomic E-state index is 0.0459. The van der Waals surface area contributed by atoms with Gasteiger partial charge in [-0.15, -0.1) is 0 Å². The van der Waals surface area contributed by atoms with Crippen molar-refractivity contribution in [3.63, 3.8) is 0 Å². The van der Waals surface area contributed by atoms with E-state index >= 15 is 0 Å². The van der Waals surface area contributed by atoms with Crippen molar-refractivity contribution in [2.24, 2.45) is 5.73 Å². The highest BCUT2D eigenvalue weighted by Gasteiger charge is 2.20. The number of nitriles is 1. The average Bonchev–Trinajstić information content (AvgIpc) is 2.71. The van der Waals surface area contributed by atoms with Crippen LogP contribution in [0.2, 0.25) is 0 Å². The van der Waals surface area contributed by atoms with Gasteiger partial charge in [0.15, 0.2) is 12.3 Å². The molecule has 0 aliphatic heterocycles. The van der Waals surface area contributed by atoms with Crippen LogP contribution in [0.5, 0.6) is 0 Å². The van der Waals surface area contributed by atoms with Crippen LogP contribution >= 0.6 is 0 Å². The standard InChI is InChI=1S/C21H24N4O4/c1-3-4-5-8-11-25-20(27)16-10-7-6-9-15(16)19(24-25)21(28)29-13-18(26)17(12-22)14(2)23/h6-7,9-10H,3-5,8,11,13,23H2,1-2H3. The molecule has 29 heavy (non-hydrogen) atoms. The fourth-order valence-corrected chi connectivity index (χ4v) is 2.87. The van der Waals surface area contributed by atoms with Crippen molar-refractivity contribution in [3.8, 4) is 6.07 Å². The summed E-state index contributed by atoms with van der Waals surface area (Å²) < 4.78 is 6.33. The predicted molar refractivity (Wildman–Crippen MR) is 108 cm³/mol. The van der Waals surface area contributed by atoms with Crippen LogP contribution in [-0.4, -0.2) is 28.1 Å². The molecule has 2 rings (SSSR count). The third kappa shape index (κ3) is 5.29. The summed E-state index contributed by atoms with van der Waals surface area (Å²) in [5.41, 5.74) is 4.96. The number of ether oxygens (including phenoxy) is 1. The van der Waals surface area contributed by atoms with E-state index in [-0.39, 0.29) is 22.5 Å². The van der Waals surface area contributed by atoms with Gasteiger partial charge in [-0.3, -0.25) is 9.59 Å². The smallest absolute Gasteiger partial charge is 0.359 e. The Morgan fingerprint density at radius 1 is 1.21 bits per heavy atom. The van der Waals surface area contributed by atoms with Crippen molar-refractivity contribution in [1.29, 1.82) is 5.26 Å². The van der Waals surface area contributed by atoms with Crippen molar-refractivity contribution < 1.29 is 14.3 Å². The Hall–Kier alpha value is -3.47. The summed E-state index contributed by atoms with van der Waals surface area (Å²) in [6, 6.07) is 8.32. The van der Waals surface area contributed by atoms with Crippen LogP contribution in [0.15, 0.2) is 40.3 Å². The van der Waals surface area contributed by atoms with Crippen molar-refractivity contribution in [1.82, 2.24) is 9.78 Å². The first-order valence-electron chi connectivity index (χ1n) is 9.47. The molecule has 0 fully saturated rings. The van der Waals surface area contributed by atoms with Gasteiger partial charge in [-0.2, -0.15) is 10.4 Å². The molecule has 2 N–H and O–H groups in total. The maximum absolute atomic E-state index is 12.7. The first-order chi connectivity index (χ1) is 13.9. The number of nitrogens with zero attached hydrogens (tertiary/aromatic N) is 3. The monoisotopic (exact) mass is 396 g/mol. The van der Waals surface area contributed by atoms with Crippen LogP contribution in [0.4, 0.5) is 0 Å². The maximum atomic E-state index is 12.7. The molecule has 0 spiro atoms. The lowest BCUT2D eigenvalue weighted by Crippen LogP contribution is -2.27. The Kier molecular flexibility index (Phi) is 7.66. The van der Waals surface area contributed by atoms with Gasteiger partial charge in [-0.1, -0.05) is 44.4 Å². The lowest BCUT2D eigenvalue weighted by atomic mass is 10.1. The summed E-state index contributed by atoms with van der Waals surface area (Å²) >= 11 is 0. The summed E-state index contributed by atoms with van der Waals surface area (Å²) in [5.74, 6) is -1.54. The van der Waals surface area contributed by atoms with Gasteiger partial charge in [0.2, 0.25) is 5.78 Å². The third-order valence-corrected chi connectivity index (χ3v) is 4.40. The van der Waals surface area contributed by atoms with E-state index < -0.39 is 18.4 Å². The van der Waals surface area contributed by atoms with Crippen LogP contribution in [-0.2, 0) is 16.1 Å². The second-order valence-electron chi connectivity index (χ2n) is 6.65. The van der Waals surface area contributed by atoms with Crippen LogP contribution in [0.1, 0.15) is 50.0 Å². The minimum Gasteiger partial charge on any atom is -0.452 e. The van der Waals surface area contributed by atoms with Crippen LogP contribution in [0.25, 0.3) is 10.8 Å². The number of rotatable bonds is 9. The van der Waals surface area contributed by atoms with Gasteiger partial charge in [0.25, 0.3) is 5.56 Å².